The Morgan fingerprint density at radius 1 is 1.35 bits per heavy atom. The number of hydrogen-bond acceptors (Lipinski definition) is 4. The minimum absolute atomic E-state index is 0.0218. The molecule has 1 aromatic heterocycles. The lowest BCUT2D eigenvalue weighted by Gasteiger charge is -2.31. The monoisotopic (exact) mass is 273 g/mol. The van der Waals surface area contributed by atoms with Gasteiger partial charge in [0.05, 0.1) is 11.5 Å². The van der Waals surface area contributed by atoms with Gasteiger partial charge in [-0.15, -0.1) is 0 Å². The average molecular weight is 273 g/mol. The van der Waals surface area contributed by atoms with E-state index >= 15 is 0 Å². The van der Waals surface area contributed by atoms with E-state index in [4.69, 9.17) is 4.42 Å². The normalized spacial score (nSPS) is 21.4. The molecule has 2 aromatic rings. The number of nitrogens with one attached hydrogen (secondary N) is 1. The van der Waals surface area contributed by atoms with Crippen molar-refractivity contribution in [3.8, 4) is 0 Å². The summed E-state index contributed by atoms with van der Waals surface area (Å²) in [6, 6.07) is 8.05. The molecule has 0 aliphatic heterocycles. The number of para-hydroxylation sites is 1. The van der Waals surface area contributed by atoms with Crippen molar-refractivity contribution in [2.24, 2.45) is 5.92 Å². The molecule has 5 heteroatoms. The molecule has 3 rings (SSSR count). The van der Waals surface area contributed by atoms with E-state index in [9.17, 15) is 14.7 Å². The van der Waals surface area contributed by atoms with Crippen molar-refractivity contribution >= 4 is 16.9 Å². The molecule has 0 saturated heterocycles. The predicted octanol–water partition coefficient (Wildman–Crippen LogP) is 1.29. The van der Waals surface area contributed by atoms with Crippen LogP contribution in [0.5, 0.6) is 0 Å². The van der Waals surface area contributed by atoms with Crippen LogP contribution in [-0.4, -0.2) is 23.7 Å². The molecule has 0 bridgehead atoms. The number of amides is 1. The number of rotatable bonds is 3. The quantitative estimate of drug-likeness (QED) is 0.883. The second-order valence-electron chi connectivity index (χ2n) is 5.17. The molecule has 1 heterocycles. The standard InChI is InChI=1S/C15H15NO4/c17-10-5-9(6-10)8-16-15(19)14-7-12(18)11-3-1-2-4-13(11)20-14/h1-4,7,9-10,17H,5-6,8H2,(H,16,19). The van der Waals surface area contributed by atoms with Gasteiger partial charge in [-0.2, -0.15) is 0 Å². The zero-order valence-corrected chi connectivity index (χ0v) is 10.8. The highest BCUT2D eigenvalue weighted by molar-refractivity contribution is 5.93. The number of aliphatic hydroxyl groups excluding tert-OH is 1. The van der Waals surface area contributed by atoms with Gasteiger partial charge in [0.15, 0.2) is 11.2 Å². The molecule has 2 N–H and O–H groups in total. The predicted molar refractivity (Wildman–Crippen MR) is 73.5 cm³/mol. The second kappa shape index (κ2) is 5.09. The van der Waals surface area contributed by atoms with Crippen molar-refractivity contribution in [3.63, 3.8) is 0 Å². The first-order valence-corrected chi connectivity index (χ1v) is 6.62. The molecule has 1 aliphatic carbocycles. The number of carbonyl (C=O) groups is 1. The van der Waals surface area contributed by atoms with Crippen LogP contribution < -0.4 is 10.7 Å². The van der Waals surface area contributed by atoms with Crippen molar-refractivity contribution in [3.05, 3.63) is 46.3 Å². The maximum absolute atomic E-state index is 12.0. The molecule has 5 nitrogen and oxygen atoms in total. The van der Waals surface area contributed by atoms with Gasteiger partial charge in [0, 0.05) is 12.6 Å². The zero-order valence-electron chi connectivity index (χ0n) is 10.8. The summed E-state index contributed by atoms with van der Waals surface area (Å²) < 4.78 is 5.45. The third-order valence-corrected chi connectivity index (χ3v) is 3.62. The van der Waals surface area contributed by atoms with Crippen LogP contribution in [0.25, 0.3) is 11.0 Å². The molecular weight excluding hydrogens is 258 g/mol. The average Bonchev–Trinajstić information content (AvgIpc) is 2.42. The summed E-state index contributed by atoms with van der Waals surface area (Å²) in [7, 11) is 0. The smallest absolute Gasteiger partial charge is 0.287 e. The van der Waals surface area contributed by atoms with Crippen LogP contribution in [0.15, 0.2) is 39.5 Å². The number of carbonyl (C=O) groups excluding carboxylic acids is 1. The van der Waals surface area contributed by atoms with Crippen molar-refractivity contribution < 1.29 is 14.3 Å². The topological polar surface area (TPSA) is 79.5 Å². The lowest BCUT2D eigenvalue weighted by molar-refractivity contribution is 0.0417. The van der Waals surface area contributed by atoms with Crippen LogP contribution in [0, 0.1) is 5.92 Å². The lowest BCUT2D eigenvalue weighted by atomic mass is 9.82. The molecule has 0 atom stereocenters. The van der Waals surface area contributed by atoms with Gasteiger partial charge in [-0.1, -0.05) is 12.1 Å². The molecule has 1 aliphatic rings. The van der Waals surface area contributed by atoms with Gasteiger partial charge in [0.2, 0.25) is 0 Å². The van der Waals surface area contributed by atoms with Crippen LogP contribution >= 0.6 is 0 Å². The van der Waals surface area contributed by atoms with E-state index < -0.39 is 5.91 Å². The second-order valence-corrected chi connectivity index (χ2v) is 5.17. The van der Waals surface area contributed by atoms with Crippen molar-refractivity contribution in [1.82, 2.24) is 5.32 Å². The zero-order chi connectivity index (χ0) is 14.1. The van der Waals surface area contributed by atoms with Crippen LogP contribution in [0.3, 0.4) is 0 Å². The molecular formula is C15H15NO4. The first-order chi connectivity index (χ1) is 9.63. The molecule has 104 valence electrons. The fourth-order valence-electron chi connectivity index (χ4n) is 2.41. The number of aliphatic hydroxyl groups is 1. The van der Waals surface area contributed by atoms with E-state index in [2.05, 4.69) is 5.32 Å². The Bertz CT molecular complexity index is 700. The maximum atomic E-state index is 12.0. The van der Waals surface area contributed by atoms with Crippen LogP contribution in [0.1, 0.15) is 23.4 Å². The van der Waals surface area contributed by atoms with Crippen LogP contribution in [0.4, 0.5) is 0 Å². The van der Waals surface area contributed by atoms with Crippen molar-refractivity contribution in [1.29, 1.82) is 0 Å². The van der Waals surface area contributed by atoms with E-state index in [1.807, 2.05) is 0 Å². The fraction of sp³-hybridized carbons (Fsp3) is 0.333. The third kappa shape index (κ3) is 2.44. The summed E-state index contributed by atoms with van der Waals surface area (Å²) in [5, 5.41) is 12.4. The molecule has 20 heavy (non-hydrogen) atoms. The van der Waals surface area contributed by atoms with Crippen LogP contribution in [0.2, 0.25) is 0 Å². The van der Waals surface area contributed by atoms with Crippen LogP contribution in [-0.2, 0) is 0 Å². The molecule has 1 aromatic carbocycles. The highest BCUT2D eigenvalue weighted by atomic mass is 16.3. The van der Waals surface area contributed by atoms with E-state index in [-0.39, 0.29) is 17.3 Å². The molecule has 1 saturated carbocycles. The van der Waals surface area contributed by atoms with Crippen molar-refractivity contribution in [2.75, 3.05) is 6.54 Å². The van der Waals surface area contributed by atoms with Gasteiger partial charge in [-0.05, 0) is 30.9 Å². The number of hydrogen-bond donors (Lipinski definition) is 2. The van der Waals surface area contributed by atoms with E-state index in [1.165, 1.54) is 6.07 Å². The third-order valence-electron chi connectivity index (χ3n) is 3.62. The fourth-order valence-corrected chi connectivity index (χ4v) is 2.41. The van der Waals surface area contributed by atoms with Gasteiger partial charge in [-0.25, -0.2) is 0 Å². The summed E-state index contributed by atoms with van der Waals surface area (Å²) >= 11 is 0. The highest BCUT2D eigenvalue weighted by Gasteiger charge is 2.27. The van der Waals surface area contributed by atoms with Gasteiger partial charge >= 0.3 is 0 Å². The van der Waals surface area contributed by atoms with Crippen molar-refractivity contribution in [2.45, 2.75) is 18.9 Å². The number of fused-ring (bicyclic) bond motifs is 1. The van der Waals surface area contributed by atoms with Gasteiger partial charge in [0.25, 0.3) is 5.91 Å². The Hall–Kier alpha value is -2.14. The summed E-state index contributed by atoms with van der Waals surface area (Å²) in [6.45, 7) is 0.492. The minimum atomic E-state index is -0.394. The summed E-state index contributed by atoms with van der Waals surface area (Å²) in [4.78, 5) is 23.8. The first kappa shape index (κ1) is 12.9. The Morgan fingerprint density at radius 3 is 2.85 bits per heavy atom. The Kier molecular flexibility index (Phi) is 3.28. The van der Waals surface area contributed by atoms with Gasteiger partial charge in [0.1, 0.15) is 5.58 Å². The number of benzene rings is 1. The first-order valence-electron chi connectivity index (χ1n) is 6.62. The summed E-state index contributed by atoms with van der Waals surface area (Å²) in [5.74, 6) is -0.0658. The summed E-state index contributed by atoms with van der Waals surface area (Å²) in [5.41, 5.74) is 0.181. The Balaban J connectivity index is 1.76. The molecule has 0 unspecified atom stereocenters. The maximum Gasteiger partial charge on any atom is 0.287 e. The van der Waals surface area contributed by atoms with E-state index in [0.717, 1.165) is 0 Å². The molecule has 0 spiro atoms. The Morgan fingerprint density at radius 2 is 2.10 bits per heavy atom. The highest BCUT2D eigenvalue weighted by Crippen LogP contribution is 2.26. The lowest BCUT2D eigenvalue weighted by Crippen LogP contribution is -2.38. The van der Waals surface area contributed by atoms with Gasteiger partial charge in [-0.3, -0.25) is 9.59 Å². The SMILES string of the molecule is O=C(NCC1CC(O)C1)c1cc(=O)c2ccccc2o1. The summed E-state index contributed by atoms with van der Waals surface area (Å²) in [6.07, 6.45) is 1.18. The minimum Gasteiger partial charge on any atom is -0.451 e. The molecule has 0 radical (unpaired) electrons. The Labute approximate surface area is 115 Å². The largest absolute Gasteiger partial charge is 0.451 e. The molecule has 1 amide bonds. The van der Waals surface area contributed by atoms with Gasteiger partial charge < -0.3 is 14.8 Å². The van der Waals surface area contributed by atoms with E-state index in [0.29, 0.717) is 36.3 Å². The molecule has 1 fully saturated rings. The van der Waals surface area contributed by atoms with E-state index in [1.54, 1.807) is 24.3 Å².